The first-order chi connectivity index (χ1) is 2.91. The van der Waals surface area contributed by atoms with Crippen molar-refractivity contribution in [2.45, 2.75) is 6.42 Å². The molecule has 0 N–H and O–H groups in total. The predicted octanol–water partition coefficient (Wildman–Crippen LogP) is 1.92. The van der Waals surface area contributed by atoms with E-state index in [0.717, 1.165) is 0 Å². The Morgan fingerprint density at radius 1 is 1.83 bits per heavy atom. The monoisotopic (exact) mass is 144 g/mol. The lowest BCUT2D eigenvalue weighted by Crippen LogP contribution is -1.48. The van der Waals surface area contributed by atoms with Crippen LogP contribution in [0.4, 0.5) is 0 Å². The number of hydrogen-bond donors (Lipinski definition) is 0. The fraction of sp³-hybridized carbons (Fsp3) is 0.200. The SMILES string of the molecule is C#CC/C=C\Br. The maximum Gasteiger partial charge on any atom is 0.0275 e. The van der Waals surface area contributed by atoms with E-state index in [1.54, 1.807) is 4.99 Å². The Hall–Kier alpha value is -0.220. The fourth-order valence-electron chi connectivity index (χ4n) is 0.113. The molecule has 0 rings (SSSR count). The van der Waals surface area contributed by atoms with Gasteiger partial charge in [0, 0.05) is 6.42 Å². The fourth-order valence-corrected chi connectivity index (χ4v) is 0.299. The normalized spacial score (nSPS) is 8.67. The second-order valence-electron chi connectivity index (χ2n) is 0.770. The van der Waals surface area contributed by atoms with E-state index < -0.39 is 0 Å². The van der Waals surface area contributed by atoms with Crippen LogP contribution < -0.4 is 0 Å². The molecule has 0 saturated heterocycles. The Morgan fingerprint density at radius 2 is 2.50 bits per heavy atom. The summed E-state index contributed by atoms with van der Waals surface area (Å²) in [7, 11) is 0. The highest BCUT2D eigenvalue weighted by Gasteiger charge is 1.58. The summed E-state index contributed by atoms with van der Waals surface area (Å²) in [6.45, 7) is 0. The molecular weight excluding hydrogens is 140 g/mol. The highest BCUT2D eigenvalue weighted by Crippen LogP contribution is 1.83. The van der Waals surface area contributed by atoms with Gasteiger partial charge in [-0.2, -0.15) is 0 Å². The largest absolute Gasteiger partial charge is 0.120 e. The standard InChI is InChI=1S/C5H5Br/c1-2-3-4-5-6/h1,4-5H,3H2/b5-4-. The van der Waals surface area contributed by atoms with Crippen LogP contribution in [-0.4, -0.2) is 0 Å². The van der Waals surface area contributed by atoms with E-state index in [9.17, 15) is 0 Å². The first kappa shape index (κ1) is 5.78. The molecule has 6 heavy (non-hydrogen) atoms. The van der Waals surface area contributed by atoms with Crippen LogP contribution in [0, 0.1) is 12.3 Å². The lowest BCUT2D eigenvalue weighted by molar-refractivity contribution is 1.49. The first-order valence-corrected chi connectivity index (χ1v) is 2.52. The van der Waals surface area contributed by atoms with E-state index in [-0.39, 0.29) is 0 Å². The van der Waals surface area contributed by atoms with Gasteiger partial charge in [-0.1, -0.05) is 22.0 Å². The van der Waals surface area contributed by atoms with Gasteiger partial charge in [-0.05, 0) is 4.99 Å². The quantitative estimate of drug-likeness (QED) is 0.494. The molecule has 0 amide bonds. The molecule has 1 heteroatoms. The van der Waals surface area contributed by atoms with Crippen molar-refractivity contribution >= 4 is 15.9 Å². The van der Waals surface area contributed by atoms with Crippen LogP contribution in [0.5, 0.6) is 0 Å². The topological polar surface area (TPSA) is 0 Å². The summed E-state index contributed by atoms with van der Waals surface area (Å²) in [6, 6.07) is 0. The van der Waals surface area contributed by atoms with Crippen molar-refractivity contribution in [3.05, 3.63) is 11.1 Å². The van der Waals surface area contributed by atoms with E-state index in [0.29, 0.717) is 6.42 Å². The Balaban J connectivity index is 2.92. The van der Waals surface area contributed by atoms with Gasteiger partial charge in [0.25, 0.3) is 0 Å². The minimum Gasteiger partial charge on any atom is -0.120 e. The summed E-state index contributed by atoms with van der Waals surface area (Å²) in [5.74, 6) is 2.45. The summed E-state index contributed by atoms with van der Waals surface area (Å²) >= 11 is 3.07. The van der Waals surface area contributed by atoms with Gasteiger partial charge in [-0.3, -0.25) is 0 Å². The molecule has 0 aliphatic rings. The van der Waals surface area contributed by atoms with Crippen molar-refractivity contribution in [3.8, 4) is 12.3 Å². The molecule has 0 atom stereocenters. The third-order valence-electron chi connectivity index (χ3n) is 0.325. The number of hydrogen-bond acceptors (Lipinski definition) is 0. The van der Waals surface area contributed by atoms with Gasteiger partial charge in [-0.15, -0.1) is 12.3 Å². The summed E-state index contributed by atoms with van der Waals surface area (Å²) in [5, 5.41) is 0. The van der Waals surface area contributed by atoms with Crippen molar-refractivity contribution in [3.63, 3.8) is 0 Å². The van der Waals surface area contributed by atoms with E-state index in [1.807, 2.05) is 6.08 Å². The third-order valence-corrected chi connectivity index (χ3v) is 0.699. The maximum absolute atomic E-state index is 4.89. The van der Waals surface area contributed by atoms with E-state index in [1.165, 1.54) is 0 Å². The average Bonchev–Trinajstić information content (AvgIpc) is 1.61. The number of halogens is 1. The maximum atomic E-state index is 4.89. The molecule has 0 nitrogen and oxygen atoms in total. The smallest absolute Gasteiger partial charge is 0.0275 e. The molecule has 0 bridgehead atoms. The lowest BCUT2D eigenvalue weighted by atomic mass is 10.5. The molecule has 0 aromatic carbocycles. The Morgan fingerprint density at radius 3 is 2.67 bits per heavy atom. The minimum absolute atomic E-state index is 0.714. The zero-order chi connectivity index (χ0) is 4.83. The highest BCUT2D eigenvalue weighted by atomic mass is 79.9. The second kappa shape index (κ2) is 4.78. The van der Waals surface area contributed by atoms with Gasteiger partial charge < -0.3 is 0 Å². The van der Waals surface area contributed by atoms with Crippen LogP contribution >= 0.6 is 15.9 Å². The molecule has 0 heterocycles. The molecular formula is C5H5Br. The number of allylic oxidation sites excluding steroid dienone is 1. The summed E-state index contributed by atoms with van der Waals surface area (Å²) in [5.41, 5.74) is 0. The Kier molecular flexibility index (Phi) is 4.60. The van der Waals surface area contributed by atoms with Gasteiger partial charge in [0.2, 0.25) is 0 Å². The zero-order valence-corrected chi connectivity index (χ0v) is 4.90. The van der Waals surface area contributed by atoms with Crippen LogP contribution in [0.15, 0.2) is 11.1 Å². The molecule has 0 radical (unpaired) electrons. The van der Waals surface area contributed by atoms with Gasteiger partial charge in [-0.25, -0.2) is 0 Å². The van der Waals surface area contributed by atoms with Crippen molar-refractivity contribution in [2.24, 2.45) is 0 Å². The third kappa shape index (κ3) is 3.78. The van der Waals surface area contributed by atoms with Crippen molar-refractivity contribution in [1.29, 1.82) is 0 Å². The van der Waals surface area contributed by atoms with Gasteiger partial charge in [0.1, 0.15) is 0 Å². The summed E-state index contributed by atoms with van der Waals surface area (Å²) in [4.78, 5) is 1.76. The molecule has 0 fully saturated rings. The average molecular weight is 145 g/mol. The van der Waals surface area contributed by atoms with Crippen LogP contribution in [0.3, 0.4) is 0 Å². The molecule has 0 aliphatic carbocycles. The molecule has 0 saturated carbocycles. The highest BCUT2D eigenvalue weighted by molar-refractivity contribution is 9.11. The summed E-state index contributed by atoms with van der Waals surface area (Å²) < 4.78 is 0. The lowest BCUT2D eigenvalue weighted by Gasteiger charge is -1.65. The van der Waals surface area contributed by atoms with Crippen LogP contribution in [0.2, 0.25) is 0 Å². The Bertz CT molecular complexity index is 76.4. The van der Waals surface area contributed by atoms with E-state index in [4.69, 9.17) is 6.42 Å². The molecule has 0 aliphatic heterocycles. The Labute approximate surface area is 46.4 Å². The molecule has 0 unspecified atom stereocenters. The van der Waals surface area contributed by atoms with Crippen molar-refractivity contribution in [1.82, 2.24) is 0 Å². The van der Waals surface area contributed by atoms with Crippen molar-refractivity contribution in [2.75, 3.05) is 0 Å². The van der Waals surface area contributed by atoms with Crippen LogP contribution in [0.1, 0.15) is 6.42 Å². The van der Waals surface area contributed by atoms with Gasteiger partial charge in [0.05, 0.1) is 0 Å². The van der Waals surface area contributed by atoms with E-state index in [2.05, 4.69) is 21.9 Å². The van der Waals surface area contributed by atoms with Crippen LogP contribution in [0.25, 0.3) is 0 Å². The van der Waals surface area contributed by atoms with Crippen molar-refractivity contribution < 1.29 is 0 Å². The second-order valence-corrected chi connectivity index (χ2v) is 1.30. The summed E-state index contributed by atoms with van der Waals surface area (Å²) in [6.07, 6.45) is 7.47. The molecule has 0 aromatic rings. The molecule has 0 spiro atoms. The molecule has 0 aromatic heterocycles. The van der Waals surface area contributed by atoms with Crippen LogP contribution in [-0.2, 0) is 0 Å². The first-order valence-electron chi connectivity index (χ1n) is 1.60. The van der Waals surface area contributed by atoms with Gasteiger partial charge >= 0.3 is 0 Å². The molecule has 32 valence electrons. The van der Waals surface area contributed by atoms with Gasteiger partial charge in [0.15, 0.2) is 0 Å². The van der Waals surface area contributed by atoms with E-state index >= 15 is 0 Å². The number of terminal acetylenes is 1. The minimum atomic E-state index is 0.714. The number of rotatable bonds is 1. The zero-order valence-electron chi connectivity index (χ0n) is 3.32. The predicted molar refractivity (Wildman–Crippen MR) is 31.5 cm³/mol.